The summed E-state index contributed by atoms with van der Waals surface area (Å²) in [4.78, 5) is 28.7. The molecule has 20 heavy (non-hydrogen) atoms. The molecule has 0 bridgehead atoms. The molecule has 0 amide bonds. The number of carbonyl (C=O) groups excluding carboxylic acids is 2. The lowest BCUT2D eigenvalue weighted by molar-refractivity contribution is -0.131. The molecule has 1 aromatic heterocycles. The van der Waals surface area contributed by atoms with E-state index in [9.17, 15) is 9.59 Å². The van der Waals surface area contributed by atoms with Gasteiger partial charge in [0, 0.05) is 29.7 Å². The lowest BCUT2D eigenvalue weighted by atomic mass is 9.97. The van der Waals surface area contributed by atoms with Gasteiger partial charge in [0.05, 0.1) is 11.2 Å². The van der Waals surface area contributed by atoms with Gasteiger partial charge in [-0.2, -0.15) is 0 Å². The molecule has 0 N–H and O–H groups in total. The fourth-order valence-corrected chi connectivity index (χ4v) is 3.25. The maximum Gasteiger partial charge on any atom is 0.308 e. The Kier molecular flexibility index (Phi) is 3.14. The molecule has 0 saturated carbocycles. The fourth-order valence-electron chi connectivity index (χ4n) is 2.61. The summed E-state index contributed by atoms with van der Waals surface area (Å²) in [5.41, 5.74) is 4.39. The summed E-state index contributed by atoms with van der Waals surface area (Å²) in [5.74, 6) is 0.129. The van der Waals surface area contributed by atoms with Crippen LogP contribution >= 0.6 is 11.3 Å². The second-order valence-corrected chi connectivity index (χ2v) is 5.88. The zero-order valence-corrected chi connectivity index (χ0v) is 12.0. The molecule has 2 aromatic rings. The van der Waals surface area contributed by atoms with Crippen molar-refractivity contribution in [2.45, 2.75) is 26.2 Å². The van der Waals surface area contributed by atoms with E-state index >= 15 is 0 Å². The zero-order valence-electron chi connectivity index (χ0n) is 11.2. The van der Waals surface area contributed by atoms with Crippen molar-refractivity contribution in [3.8, 4) is 5.75 Å². The highest BCUT2D eigenvalue weighted by molar-refractivity contribution is 7.09. The predicted molar refractivity (Wildman–Crippen MR) is 75.4 cm³/mol. The molecule has 1 unspecified atom stereocenters. The molecule has 0 aliphatic heterocycles. The predicted octanol–water partition coefficient (Wildman–Crippen LogP) is 3.10. The van der Waals surface area contributed by atoms with Crippen molar-refractivity contribution >= 4 is 23.1 Å². The first-order chi connectivity index (χ1) is 9.56. The number of fused-ring (bicyclic) bond motifs is 1. The van der Waals surface area contributed by atoms with E-state index in [0.29, 0.717) is 17.7 Å². The number of thiazole rings is 1. The minimum atomic E-state index is -0.387. The minimum Gasteiger partial charge on any atom is -0.427 e. The van der Waals surface area contributed by atoms with Gasteiger partial charge in [-0.05, 0) is 24.6 Å². The summed E-state index contributed by atoms with van der Waals surface area (Å²) in [6.45, 7) is 3.36. The number of rotatable bonds is 2. The van der Waals surface area contributed by atoms with Crippen molar-refractivity contribution in [1.82, 2.24) is 4.98 Å². The third kappa shape index (κ3) is 2.14. The molecule has 0 saturated heterocycles. The van der Waals surface area contributed by atoms with Gasteiger partial charge in [0.2, 0.25) is 0 Å². The smallest absolute Gasteiger partial charge is 0.308 e. The molecule has 1 atom stereocenters. The van der Waals surface area contributed by atoms with Crippen LogP contribution < -0.4 is 4.74 Å². The second-order valence-electron chi connectivity index (χ2n) is 4.82. The molecule has 0 spiro atoms. The van der Waals surface area contributed by atoms with Crippen LogP contribution in [0.4, 0.5) is 0 Å². The average molecular weight is 287 g/mol. The van der Waals surface area contributed by atoms with Gasteiger partial charge in [0.25, 0.3) is 0 Å². The number of aryl methyl sites for hydroxylation is 1. The van der Waals surface area contributed by atoms with Crippen molar-refractivity contribution in [1.29, 1.82) is 0 Å². The maximum atomic E-state index is 12.2. The van der Waals surface area contributed by atoms with Gasteiger partial charge >= 0.3 is 5.97 Å². The van der Waals surface area contributed by atoms with E-state index in [2.05, 4.69) is 4.98 Å². The number of hydrogen-bond donors (Lipinski definition) is 0. The molecule has 4 nitrogen and oxygen atoms in total. The molecule has 0 radical (unpaired) electrons. The van der Waals surface area contributed by atoms with E-state index in [0.717, 1.165) is 16.1 Å². The lowest BCUT2D eigenvalue weighted by Crippen LogP contribution is -2.02. The standard InChI is InChI=1S/C15H13NO3S/c1-8-15(16-7-20-8)13-6-14(18)12-5-10(19-9(2)17)3-4-11(12)13/h3-5,7,13H,6H2,1-2H3. The van der Waals surface area contributed by atoms with Crippen molar-refractivity contribution in [2.75, 3.05) is 0 Å². The van der Waals surface area contributed by atoms with E-state index in [4.69, 9.17) is 4.74 Å². The topological polar surface area (TPSA) is 56.3 Å². The summed E-state index contributed by atoms with van der Waals surface area (Å²) in [5, 5.41) is 0. The second kappa shape index (κ2) is 4.83. The number of benzene rings is 1. The highest BCUT2D eigenvalue weighted by atomic mass is 32.1. The Labute approximate surface area is 120 Å². The summed E-state index contributed by atoms with van der Waals surface area (Å²) in [7, 11) is 0. The molecular weight excluding hydrogens is 274 g/mol. The number of carbonyl (C=O) groups is 2. The highest BCUT2D eigenvalue weighted by Crippen LogP contribution is 2.40. The Bertz CT molecular complexity index is 705. The van der Waals surface area contributed by atoms with Crippen molar-refractivity contribution in [2.24, 2.45) is 0 Å². The van der Waals surface area contributed by atoms with Gasteiger partial charge in [-0.1, -0.05) is 6.07 Å². The number of Topliss-reactive ketones (excluding diaryl/α,β-unsaturated/α-hetero) is 1. The Morgan fingerprint density at radius 2 is 2.25 bits per heavy atom. The molecular formula is C15H13NO3S. The van der Waals surface area contributed by atoms with Crippen LogP contribution in [0.25, 0.3) is 0 Å². The van der Waals surface area contributed by atoms with Crippen LogP contribution in [0.15, 0.2) is 23.7 Å². The summed E-state index contributed by atoms with van der Waals surface area (Å²) in [6, 6.07) is 5.25. The highest BCUT2D eigenvalue weighted by Gasteiger charge is 2.33. The van der Waals surface area contributed by atoms with Crippen LogP contribution in [0.1, 0.15) is 45.8 Å². The van der Waals surface area contributed by atoms with Crippen LogP contribution in [0.5, 0.6) is 5.75 Å². The molecule has 1 aliphatic rings. The van der Waals surface area contributed by atoms with Gasteiger partial charge in [-0.25, -0.2) is 4.98 Å². The van der Waals surface area contributed by atoms with Crippen molar-refractivity contribution < 1.29 is 14.3 Å². The van der Waals surface area contributed by atoms with E-state index in [-0.39, 0.29) is 17.7 Å². The third-order valence-corrected chi connectivity index (χ3v) is 4.24. The van der Waals surface area contributed by atoms with Gasteiger partial charge in [0.1, 0.15) is 5.75 Å². The van der Waals surface area contributed by atoms with Crippen LogP contribution in [0, 0.1) is 6.92 Å². The normalized spacial score (nSPS) is 17.1. The van der Waals surface area contributed by atoms with Crippen LogP contribution in [0.2, 0.25) is 0 Å². The third-order valence-electron chi connectivity index (χ3n) is 3.46. The first-order valence-electron chi connectivity index (χ1n) is 6.32. The largest absolute Gasteiger partial charge is 0.427 e. The Morgan fingerprint density at radius 1 is 1.45 bits per heavy atom. The molecule has 5 heteroatoms. The summed E-state index contributed by atoms with van der Waals surface area (Å²) < 4.78 is 5.03. The van der Waals surface area contributed by atoms with Gasteiger partial charge < -0.3 is 4.74 Å². The van der Waals surface area contributed by atoms with Gasteiger partial charge in [-0.15, -0.1) is 11.3 Å². The molecule has 1 aromatic carbocycles. The summed E-state index contributed by atoms with van der Waals surface area (Å²) >= 11 is 1.59. The molecule has 1 aliphatic carbocycles. The van der Waals surface area contributed by atoms with E-state index < -0.39 is 0 Å². The first kappa shape index (κ1) is 13.0. The van der Waals surface area contributed by atoms with E-state index in [1.165, 1.54) is 6.92 Å². The first-order valence-corrected chi connectivity index (χ1v) is 7.19. The number of nitrogens with zero attached hydrogens (tertiary/aromatic N) is 1. The number of ether oxygens (including phenoxy) is 1. The van der Waals surface area contributed by atoms with Gasteiger partial charge in [0.15, 0.2) is 5.78 Å². The van der Waals surface area contributed by atoms with E-state index in [1.807, 2.05) is 13.0 Å². The van der Waals surface area contributed by atoms with Crippen LogP contribution in [0.3, 0.4) is 0 Å². The number of esters is 1. The van der Waals surface area contributed by atoms with Gasteiger partial charge in [-0.3, -0.25) is 9.59 Å². The number of aromatic nitrogens is 1. The minimum absolute atomic E-state index is 0.0233. The molecule has 0 fully saturated rings. The van der Waals surface area contributed by atoms with Crippen LogP contribution in [-0.2, 0) is 4.79 Å². The summed E-state index contributed by atoms with van der Waals surface area (Å²) in [6.07, 6.45) is 0.434. The van der Waals surface area contributed by atoms with E-state index in [1.54, 1.807) is 29.0 Å². The fraction of sp³-hybridized carbons (Fsp3) is 0.267. The Hall–Kier alpha value is -2.01. The number of ketones is 1. The Morgan fingerprint density at radius 3 is 2.90 bits per heavy atom. The van der Waals surface area contributed by atoms with Crippen molar-refractivity contribution in [3.63, 3.8) is 0 Å². The SMILES string of the molecule is CC(=O)Oc1ccc2c(c1)C(=O)CC2c1ncsc1C. The zero-order chi connectivity index (χ0) is 14.3. The molecule has 3 rings (SSSR count). The van der Waals surface area contributed by atoms with Crippen molar-refractivity contribution in [3.05, 3.63) is 45.4 Å². The number of hydrogen-bond acceptors (Lipinski definition) is 5. The monoisotopic (exact) mass is 287 g/mol. The molecule has 1 heterocycles. The average Bonchev–Trinajstić information content (AvgIpc) is 2.93. The van der Waals surface area contributed by atoms with Crippen LogP contribution in [-0.4, -0.2) is 16.7 Å². The molecule has 102 valence electrons. The Balaban J connectivity index is 2.02. The maximum absolute atomic E-state index is 12.2. The quantitative estimate of drug-likeness (QED) is 0.629. The lowest BCUT2D eigenvalue weighted by Gasteiger charge is -2.10.